The molecule has 3 rings (SSSR count). The van der Waals surface area contributed by atoms with Crippen molar-refractivity contribution in [3.05, 3.63) is 29.8 Å². The van der Waals surface area contributed by atoms with Crippen LogP contribution in [0.3, 0.4) is 0 Å². The lowest BCUT2D eigenvalue weighted by Crippen LogP contribution is -2.56. The number of carbonyl (C=O) groups excluding carboxylic acids is 1. The van der Waals surface area contributed by atoms with Crippen LogP contribution in [-0.4, -0.2) is 29.1 Å². The molecule has 3 N–H and O–H groups in total. The summed E-state index contributed by atoms with van der Waals surface area (Å²) >= 11 is 0. The number of fused-ring (bicyclic) bond motifs is 1. The fourth-order valence-corrected chi connectivity index (χ4v) is 3.33. The van der Waals surface area contributed by atoms with Crippen LogP contribution in [-0.2, 0) is 9.59 Å². The Hall–Kier alpha value is -2.04. The molecule has 0 saturated heterocycles. The van der Waals surface area contributed by atoms with Gasteiger partial charge in [-0.05, 0) is 37.3 Å². The second-order valence-corrected chi connectivity index (χ2v) is 6.05. The third-order valence-electron chi connectivity index (χ3n) is 4.59. The number of carboxylic acid groups (broad SMARTS) is 1. The van der Waals surface area contributed by atoms with Crippen LogP contribution < -0.4 is 10.6 Å². The number of carbonyl (C=O) groups is 2. The Morgan fingerprint density at radius 3 is 2.76 bits per heavy atom. The summed E-state index contributed by atoms with van der Waals surface area (Å²) < 4.78 is 0. The minimum atomic E-state index is -0.847. The molecule has 1 heterocycles. The summed E-state index contributed by atoms with van der Waals surface area (Å²) in [5.74, 6) is -1.07. The third kappa shape index (κ3) is 2.73. The first-order valence-electron chi connectivity index (χ1n) is 7.46. The molecule has 1 unspecified atom stereocenters. The van der Waals surface area contributed by atoms with E-state index in [-0.39, 0.29) is 18.2 Å². The zero-order chi connectivity index (χ0) is 14.9. The van der Waals surface area contributed by atoms with Gasteiger partial charge >= 0.3 is 5.97 Å². The number of hydrogen-bond donors (Lipinski definition) is 3. The average Bonchev–Trinajstić information content (AvgIpc) is 2.43. The van der Waals surface area contributed by atoms with Crippen molar-refractivity contribution < 1.29 is 14.7 Å². The summed E-state index contributed by atoms with van der Waals surface area (Å²) in [5, 5.41) is 15.4. The number of rotatable bonds is 4. The van der Waals surface area contributed by atoms with Crippen LogP contribution in [0.4, 0.5) is 5.69 Å². The van der Waals surface area contributed by atoms with Gasteiger partial charge in [-0.15, -0.1) is 0 Å². The third-order valence-corrected chi connectivity index (χ3v) is 4.59. The maximum Gasteiger partial charge on any atom is 0.305 e. The largest absolute Gasteiger partial charge is 0.481 e. The summed E-state index contributed by atoms with van der Waals surface area (Å²) in [6.45, 7) is 0.765. The predicted molar refractivity (Wildman–Crippen MR) is 79.3 cm³/mol. The van der Waals surface area contributed by atoms with Crippen LogP contribution >= 0.6 is 0 Å². The van der Waals surface area contributed by atoms with Gasteiger partial charge in [0.25, 0.3) is 0 Å². The highest BCUT2D eigenvalue weighted by Gasteiger charge is 2.42. The molecule has 5 heteroatoms. The molecule has 21 heavy (non-hydrogen) atoms. The van der Waals surface area contributed by atoms with Crippen molar-refractivity contribution in [1.82, 2.24) is 5.32 Å². The van der Waals surface area contributed by atoms with Gasteiger partial charge in [0.15, 0.2) is 0 Å². The SMILES string of the molecule is O=C(O)CC1(NC(=O)C2CCNc3ccccc32)CCC1. The van der Waals surface area contributed by atoms with Gasteiger partial charge in [0.1, 0.15) is 0 Å². The number of carboxylic acids is 1. The van der Waals surface area contributed by atoms with Gasteiger partial charge in [0, 0.05) is 12.2 Å². The van der Waals surface area contributed by atoms with E-state index in [0.717, 1.165) is 43.5 Å². The Bertz CT molecular complexity index is 566. The topological polar surface area (TPSA) is 78.4 Å². The molecule has 5 nitrogen and oxygen atoms in total. The molecular weight excluding hydrogens is 268 g/mol. The summed E-state index contributed by atoms with van der Waals surface area (Å²) in [6, 6.07) is 7.83. The number of anilines is 1. The van der Waals surface area contributed by atoms with Gasteiger partial charge in [-0.25, -0.2) is 0 Å². The van der Waals surface area contributed by atoms with Crippen molar-refractivity contribution >= 4 is 17.6 Å². The smallest absolute Gasteiger partial charge is 0.305 e. The number of hydrogen-bond acceptors (Lipinski definition) is 3. The van der Waals surface area contributed by atoms with E-state index in [4.69, 9.17) is 5.11 Å². The molecule has 1 fully saturated rings. The van der Waals surface area contributed by atoms with Gasteiger partial charge in [-0.1, -0.05) is 18.2 Å². The molecular formula is C16H20N2O3. The zero-order valence-corrected chi connectivity index (χ0v) is 11.9. The highest BCUT2D eigenvalue weighted by Crippen LogP contribution is 2.37. The Morgan fingerprint density at radius 1 is 1.33 bits per heavy atom. The van der Waals surface area contributed by atoms with E-state index in [9.17, 15) is 9.59 Å². The summed E-state index contributed by atoms with van der Waals surface area (Å²) in [6.07, 6.45) is 3.27. The van der Waals surface area contributed by atoms with E-state index in [0.29, 0.717) is 0 Å². The van der Waals surface area contributed by atoms with Gasteiger partial charge in [0.05, 0.1) is 17.9 Å². The summed E-state index contributed by atoms with van der Waals surface area (Å²) in [4.78, 5) is 23.6. The van der Waals surface area contributed by atoms with E-state index in [1.54, 1.807) is 0 Å². The van der Waals surface area contributed by atoms with Crippen molar-refractivity contribution in [3.63, 3.8) is 0 Å². The standard InChI is InChI=1S/C16H20N2O3/c19-14(20)10-16(7-3-8-16)18-15(21)12-6-9-17-13-5-2-1-4-11(12)13/h1-2,4-5,12,17H,3,6-10H2,(H,18,21)(H,19,20). The molecule has 0 aromatic heterocycles. The monoisotopic (exact) mass is 288 g/mol. The van der Waals surface area contributed by atoms with Gasteiger partial charge in [-0.2, -0.15) is 0 Å². The van der Waals surface area contributed by atoms with E-state index >= 15 is 0 Å². The molecule has 0 bridgehead atoms. The summed E-state index contributed by atoms with van der Waals surface area (Å²) in [7, 11) is 0. The Labute approximate surface area is 123 Å². The fourth-order valence-electron chi connectivity index (χ4n) is 3.33. The van der Waals surface area contributed by atoms with Crippen molar-refractivity contribution in [2.45, 2.75) is 43.6 Å². The van der Waals surface area contributed by atoms with Crippen LogP contribution in [0.2, 0.25) is 0 Å². The van der Waals surface area contributed by atoms with Crippen LogP contribution in [0.25, 0.3) is 0 Å². The predicted octanol–water partition coefficient (Wildman–Crippen LogP) is 2.10. The Kier molecular flexibility index (Phi) is 3.57. The number of amides is 1. The van der Waals surface area contributed by atoms with Crippen LogP contribution in [0, 0.1) is 0 Å². The van der Waals surface area contributed by atoms with Gasteiger partial charge in [-0.3, -0.25) is 9.59 Å². The molecule has 0 radical (unpaired) electrons. The van der Waals surface area contributed by atoms with Gasteiger partial charge in [0.2, 0.25) is 5.91 Å². The van der Waals surface area contributed by atoms with Gasteiger partial charge < -0.3 is 15.7 Å². The van der Waals surface area contributed by atoms with Crippen molar-refractivity contribution in [3.8, 4) is 0 Å². The molecule has 1 aliphatic carbocycles. The number of nitrogens with one attached hydrogen (secondary N) is 2. The number of aliphatic carboxylic acids is 1. The average molecular weight is 288 g/mol. The van der Waals surface area contributed by atoms with Crippen LogP contribution in [0.15, 0.2) is 24.3 Å². The summed E-state index contributed by atoms with van der Waals surface area (Å²) in [5.41, 5.74) is 1.48. The van der Waals surface area contributed by atoms with Crippen molar-refractivity contribution in [1.29, 1.82) is 0 Å². The lowest BCUT2D eigenvalue weighted by atomic mass is 9.73. The van der Waals surface area contributed by atoms with E-state index in [1.165, 1.54) is 0 Å². The lowest BCUT2D eigenvalue weighted by Gasteiger charge is -2.42. The first-order chi connectivity index (χ1) is 10.1. The van der Waals surface area contributed by atoms with E-state index in [2.05, 4.69) is 10.6 Å². The molecule has 112 valence electrons. The second-order valence-electron chi connectivity index (χ2n) is 6.05. The maximum absolute atomic E-state index is 12.6. The lowest BCUT2D eigenvalue weighted by molar-refractivity contribution is -0.140. The molecule has 1 amide bonds. The highest BCUT2D eigenvalue weighted by atomic mass is 16.4. The molecule has 2 aliphatic rings. The Morgan fingerprint density at radius 2 is 2.10 bits per heavy atom. The maximum atomic E-state index is 12.6. The normalized spacial score (nSPS) is 22.4. The quantitative estimate of drug-likeness (QED) is 0.793. The Balaban J connectivity index is 1.76. The second kappa shape index (κ2) is 5.39. The van der Waals surface area contributed by atoms with Crippen molar-refractivity contribution in [2.24, 2.45) is 0 Å². The fraction of sp³-hybridized carbons (Fsp3) is 0.500. The molecule has 1 atom stereocenters. The van der Waals surface area contributed by atoms with Crippen molar-refractivity contribution in [2.75, 3.05) is 11.9 Å². The molecule has 1 aromatic carbocycles. The first kappa shape index (κ1) is 13.9. The molecule has 0 spiro atoms. The molecule has 1 aromatic rings. The highest BCUT2D eigenvalue weighted by molar-refractivity contribution is 5.87. The number of benzene rings is 1. The minimum Gasteiger partial charge on any atom is -0.481 e. The molecule has 1 saturated carbocycles. The minimum absolute atomic E-state index is 0.0192. The van der Waals surface area contributed by atoms with Crippen LogP contribution in [0.1, 0.15) is 43.6 Å². The van der Waals surface area contributed by atoms with E-state index < -0.39 is 11.5 Å². The molecule has 1 aliphatic heterocycles. The van der Waals surface area contributed by atoms with Crippen LogP contribution in [0.5, 0.6) is 0 Å². The number of para-hydroxylation sites is 1. The first-order valence-corrected chi connectivity index (χ1v) is 7.46. The zero-order valence-electron chi connectivity index (χ0n) is 11.9. The van der Waals surface area contributed by atoms with E-state index in [1.807, 2.05) is 24.3 Å².